The summed E-state index contributed by atoms with van der Waals surface area (Å²) in [6, 6.07) is 3.61. The van der Waals surface area contributed by atoms with E-state index in [1.165, 1.54) is 12.1 Å². The monoisotopic (exact) mass is 229 g/mol. The molecule has 1 aromatic carbocycles. The normalized spacial score (nSPS) is 10.0. The molecule has 3 nitrogen and oxygen atoms in total. The van der Waals surface area contributed by atoms with Crippen LogP contribution in [0.3, 0.4) is 0 Å². The van der Waals surface area contributed by atoms with Gasteiger partial charge in [0.2, 0.25) is 0 Å². The Balaban J connectivity index is 2.65. The van der Waals surface area contributed by atoms with Crippen molar-refractivity contribution in [1.29, 1.82) is 0 Å². The number of nitrogen functional groups attached to an aromatic ring is 1. The fourth-order valence-electron chi connectivity index (χ4n) is 1.01. The van der Waals surface area contributed by atoms with E-state index in [9.17, 15) is 9.18 Å². The fourth-order valence-corrected chi connectivity index (χ4v) is 1.26. The number of thioether (sulfide) groups is 1. The molecule has 0 atom stereocenters. The van der Waals surface area contributed by atoms with E-state index in [1.807, 2.05) is 6.26 Å². The van der Waals surface area contributed by atoms with Crippen molar-refractivity contribution in [2.45, 2.75) is 0 Å². The Hall–Kier alpha value is -1.23. The summed E-state index contributed by atoms with van der Waals surface area (Å²) in [5.74, 6) is -0.248. The van der Waals surface area contributed by atoms with E-state index < -0.39 is 11.8 Å². The number of halogens is 1. The van der Waals surface area contributed by atoms with Gasteiger partial charge in [0.25, 0.3) is 0 Å². The van der Waals surface area contributed by atoms with Crippen molar-refractivity contribution < 1.29 is 13.9 Å². The molecule has 1 rings (SSSR count). The summed E-state index contributed by atoms with van der Waals surface area (Å²) in [7, 11) is 0. The zero-order chi connectivity index (χ0) is 11.3. The lowest BCUT2D eigenvalue weighted by molar-refractivity contribution is 0.0531. The summed E-state index contributed by atoms with van der Waals surface area (Å²) >= 11 is 1.58. The lowest BCUT2D eigenvalue weighted by Crippen LogP contribution is -2.10. The molecule has 0 bridgehead atoms. The SMILES string of the molecule is CSCCOC(=O)c1ccc(F)cc1N. The van der Waals surface area contributed by atoms with Gasteiger partial charge in [-0.3, -0.25) is 0 Å². The first kappa shape index (κ1) is 11.8. The van der Waals surface area contributed by atoms with Gasteiger partial charge in [0.15, 0.2) is 0 Å². The number of benzene rings is 1. The van der Waals surface area contributed by atoms with Crippen molar-refractivity contribution in [2.24, 2.45) is 0 Å². The summed E-state index contributed by atoms with van der Waals surface area (Å²) in [6.07, 6.45) is 1.92. The highest BCUT2D eigenvalue weighted by Crippen LogP contribution is 2.14. The number of nitrogens with two attached hydrogens (primary N) is 1. The minimum Gasteiger partial charge on any atom is -0.461 e. The van der Waals surface area contributed by atoms with Crippen LogP contribution in [0, 0.1) is 5.82 Å². The number of ether oxygens (including phenoxy) is 1. The molecule has 0 heterocycles. The quantitative estimate of drug-likeness (QED) is 0.487. The number of rotatable bonds is 4. The third-order valence-electron chi connectivity index (χ3n) is 1.75. The number of esters is 1. The van der Waals surface area contributed by atoms with Crippen LogP contribution < -0.4 is 5.73 Å². The van der Waals surface area contributed by atoms with Crippen LogP contribution in [0.4, 0.5) is 10.1 Å². The van der Waals surface area contributed by atoms with Gasteiger partial charge in [-0.25, -0.2) is 9.18 Å². The maximum Gasteiger partial charge on any atom is 0.340 e. The molecule has 1 aromatic rings. The highest BCUT2D eigenvalue weighted by Gasteiger charge is 2.11. The molecule has 0 saturated heterocycles. The van der Waals surface area contributed by atoms with Crippen LogP contribution in [0.1, 0.15) is 10.4 Å². The summed E-state index contributed by atoms with van der Waals surface area (Å²) in [5.41, 5.74) is 5.79. The van der Waals surface area contributed by atoms with E-state index in [4.69, 9.17) is 10.5 Å². The molecule has 0 unspecified atom stereocenters. The summed E-state index contributed by atoms with van der Waals surface area (Å²) in [6.45, 7) is 0.330. The Morgan fingerprint density at radius 1 is 1.60 bits per heavy atom. The third kappa shape index (κ3) is 3.43. The van der Waals surface area contributed by atoms with Crippen LogP contribution in [0.25, 0.3) is 0 Å². The second kappa shape index (κ2) is 5.60. The average Bonchev–Trinajstić information content (AvgIpc) is 2.17. The topological polar surface area (TPSA) is 52.3 Å². The van der Waals surface area contributed by atoms with Crippen molar-refractivity contribution in [2.75, 3.05) is 24.3 Å². The second-order valence-corrected chi connectivity index (χ2v) is 3.85. The fraction of sp³-hybridized carbons (Fsp3) is 0.300. The van der Waals surface area contributed by atoms with Gasteiger partial charge in [-0.2, -0.15) is 11.8 Å². The molecule has 0 saturated carbocycles. The van der Waals surface area contributed by atoms with Crippen LogP contribution >= 0.6 is 11.8 Å². The average molecular weight is 229 g/mol. The van der Waals surface area contributed by atoms with E-state index in [0.717, 1.165) is 11.8 Å². The van der Waals surface area contributed by atoms with E-state index >= 15 is 0 Å². The first-order valence-corrected chi connectivity index (χ1v) is 5.75. The Kier molecular flexibility index (Phi) is 4.42. The largest absolute Gasteiger partial charge is 0.461 e. The van der Waals surface area contributed by atoms with Gasteiger partial charge >= 0.3 is 5.97 Å². The molecular formula is C10H12FNO2S. The minimum absolute atomic E-state index is 0.101. The molecule has 0 radical (unpaired) electrons. The number of hydrogen-bond acceptors (Lipinski definition) is 4. The van der Waals surface area contributed by atoms with E-state index in [0.29, 0.717) is 6.61 Å². The summed E-state index contributed by atoms with van der Waals surface area (Å²) in [5, 5.41) is 0. The maximum absolute atomic E-state index is 12.7. The maximum atomic E-state index is 12.7. The molecule has 15 heavy (non-hydrogen) atoms. The van der Waals surface area contributed by atoms with E-state index in [2.05, 4.69) is 0 Å². The zero-order valence-corrected chi connectivity index (χ0v) is 9.14. The molecule has 0 fully saturated rings. The molecule has 2 N–H and O–H groups in total. The van der Waals surface area contributed by atoms with E-state index in [1.54, 1.807) is 11.8 Å². The number of anilines is 1. The Morgan fingerprint density at radius 3 is 2.93 bits per heavy atom. The molecule has 82 valence electrons. The van der Waals surface area contributed by atoms with Crippen molar-refractivity contribution >= 4 is 23.4 Å². The highest BCUT2D eigenvalue weighted by atomic mass is 32.2. The van der Waals surface area contributed by atoms with Crippen LogP contribution in [-0.4, -0.2) is 24.6 Å². The first-order chi connectivity index (χ1) is 7.15. The van der Waals surface area contributed by atoms with Crippen molar-refractivity contribution in [3.05, 3.63) is 29.6 Å². The van der Waals surface area contributed by atoms with Crippen LogP contribution in [0.5, 0.6) is 0 Å². The van der Waals surface area contributed by atoms with Crippen LogP contribution in [0.15, 0.2) is 18.2 Å². The van der Waals surface area contributed by atoms with Crippen molar-refractivity contribution in [1.82, 2.24) is 0 Å². The predicted octanol–water partition coefficient (Wildman–Crippen LogP) is 1.93. The minimum atomic E-state index is -0.512. The van der Waals surface area contributed by atoms with Gasteiger partial charge < -0.3 is 10.5 Å². The smallest absolute Gasteiger partial charge is 0.340 e. The molecule has 0 aliphatic rings. The molecule has 0 aliphatic carbocycles. The summed E-state index contributed by atoms with van der Waals surface area (Å²) in [4.78, 5) is 11.4. The second-order valence-electron chi connectivity index (χ2n) is 2.86. The standard InChI is InChI=1S/C10H12FNO2S/c1-15-5-4-14-10(13)8-3-2-7(11)6-9(8)12/h2-3,6H,4-5,12H2,1H3. The van der Waals surface area contributed by atoms with Gasteiger partial charge in [-0.15, -0.1) is 0 Å². The Labute approximate surface area is 91.8 Å². The Bertz CT molecular complexity index is 357. The van der Waals surface area contributed by atoms with Crippen LogP contribution in [0.2, 0.25) is 0 Å². The van der Waals surface area contributed by atoms with Crippen LogP contribution in [-0.2, 0) is 4.74 Å². The Morgan fingerprint density at radius 2 is 2.33 bits per heavy atom. The van der Waals surface area contributed by atoms with E-state index in [-0.39, 0.29) is 11.3 Å². The van der Waals surface area contributed by atoms with Gasteiger partial charge in [-0.1, -0.05) is 0 Å². The summed E-state index contributed by atoms with van der Waals surface area (Å²) < 4.78 is 17.6. The van der Waals surface area contributed by atoms with Gasteiger partial charge in [0, 0.05) is 11.4 Å². The highest BCUT2D eigenvalue weighted by molar-refractivity contribution is 7.98. The van der Waals surface area contributed by atoms with Gasteiger partial charge in [0.1, 0.15) is 12.4 Å². The number of carbonyl (C=O) groups excluding carboxylic acids is 1. The van der Waals surface area contributed by atoms with Crippen molar-refractivity contribution in [3.63, 3.8) is 0 Å². The first-order valence-electron chi connectivity index (χ1n) is 4.36. The lowest BCUT2D eigenvalue weighted by atomic mass is 10.2. The molecule has 0 amide bonds. The third-order valence-corrected chi connectivity index (χ3v) is 2.33. The number of hydrogen-bond donors (Lipinski definition) is 1. The zero-order valence-electron chi connectivity index (χ0n) is 8.33. The predicted molar refractivity (Wildman–Crippen MR) is 59.5 cm³/mol. The molecular weight excluding hydrogens is 217 g/mol. The van der Waals surface area contributed by atoms with Gasteiger partial charge in [-0.05, 0) is 24.5 Å². The number of carbonyl (C=O) groups is 1. The lowest BCUT2D eigenvalue weighted by Gasteiger charge is -2.05. The molecule has 0 aliphatic heterocycles. The molecule has 0 aromatic heterocycles. The van der Waals surface area contributed by atoms with Crippen molar-refractivity contribution in [3.8, 4) is 0 Å². The molecule has 0 spiro atoms. The molecule has 5 heteroatoms. The van der Waals surface area contributed by atoms with Gasteiger partial charge in [0.05, 0.1) is 5.56 Å².